The summed E-state index contributed by atoms with van der Waals surface area (Å²) < 4.78 is 31.1. The number of thiophene rings is 1. The quantitative estimate of drug-likeness (QED) is 0.553. The Balaban J connectivity index is 1.77. The maximum absolute atomic E-state index is 12.4. The Kier molecular flexibility index (Phi) is 6.71. The molecule has 0 aliphatic carbocycles. The minimum atomic E-state index is -3.63. The second-order valence-electron chi connectivity index (χ2n) is 6.54. The van der Waals surface area contributed by atoms with Crippen LogP contribution in [-0.4, -0.2) is 39.8 Å². The summed E-state index contributed by atoms with van der Waals surface area (Å²) in [5, 5.41) is 2.69. The summed E-state index contributed by atoms with van der Waals surface area (Å²) in [6.07, 6.45) is 3.13. The molecule has 2 aromatic carbocycles. The van der Waals surface area contributed by atoms with Crippen molar-refractivity contribution in [1.29, 1.82) is 0 Å². The lowest BCUT2D eigenvalue weighted by atomic mass is 10.2. The standard InChI is InChI=1S/C22H22N2O4S2/c1-24(2)30(26,27)18-11-12-20(28-3)19(15-18)23-22(25)14-10-17-9-13-21(29-17)16-7-5-4-6-8-16/h4-15H,1-3H3,(H,23,25)/b14-10+. The molecule has 0 fully saturated rings. The Bertz CT molecular complexity index is 1170. The highest BCUT2D eigenvalue weighted by Crippen LogP contribution is 2.30. The topological polar surface area (TPSA) is 75.7 Å². The smallest absolute Gasteiger partial charge is 0.248 e. The van der Waals surface area contributed by atoms with Gasteiger partial charge in [-0.1, -0.05) is 30.3 Å². The lowest BCUT2D eigenvalue weighted by Gasteiger charge is -2.14. The van der Waals surface area contributed by atoms with Crippen molar-refractivity contribution in [2.24, 2.45) is 0 Å². The summed E-state index contributed by atoms with van der Waals surface area (Å²) in [6.45, 7) is 0. The van der Waals surface area contributed by atoms with Gasteiger partial charge in [-0.25, -0.2) is 12.7 Å². The van der Waals surface area contributed by atoms with E-state index in [9.17, 15) is 13.2 Å². The number of hydrogen-bond acceptors (Lipinski definition) is 5. The fourth-order valence-corrected chi connectivity index (χ4v) is 4.53. The molecular formula is C22H22N2O4S2. The van der Waals surface area contributed by atoms with Crippen LogP contribution >= 0.6 is 11.3 Å². The first kappa shape index (κ1) is 21.8. The molecule has 0 atom stereocenters. The van der Waals surface area contributed by atoms with Gasteiger partial charge in [0, 0.05) is 29.9 Å². The average Bonchev–Trinajstić information content (AvgIpc) is 3.22. The van der Waals surface area contributed by atoms with Crippen molar-refractivity contribution in [2.45, 2.75) is 4.90 Å². The highest BCUT2D eigenvalue weighted by atomic mass is 32.2. The molecule has 0 bridgehead atoms. The summed E-state index contributed by atoms with van der Waals surface area (Å²) in [4.78, 5) is 14.5. The van der Waals surface area contributed by atoms with Gasteiger partial charge in [0.25, 0.3) is 0 Å². The Labute approximate surface area is 180 Å². The summed E-state index contributed by atoms with van der Waals surface area (Å²) in [6, 6.07) is 18.3. The van der Waals surface area contributed by atoms with Crippen LogP contribution < -0.4 is 10.1 Å². The number of benzene rings is 2. The minimum absolute atomic E-state index is 0.0679. The number of hydrogen-bond donors (Lipinski definition) is 1. The first-order valence-electron chi connectivity index (χ1n) is 9.06. The van der Waals surface area contributed by atoms with Gasteiger partial charge in [-0.3, -0.25) is 4.79 Å². The van der Waals surface area contributed by atoms with E-state index in [4.69, 9.17) is 4.74 Å². The van der Waals surface area contributed by atoms with Crippen LogP contribution in [0.3, 0.4) is 0 Å². The van der Waals surface area contributed by atoms with Crippen LogP contribution in [0, 0.1) is 0 Å². The number of rotatable bonds is 7. The Morgan fingerprint density at radius 3 is 2.47 bits per heavy atom. The Morgan fingerprint density at radius 2 is 1.80 bits per heavy atom. The molecule has 0 saturated carbocycles. The molecule has 1 aromatic heterocycles. The molecule has 8 heteroatoms. The molecule has 0 aliphatic heterocycles. The second-order valence-corrected chi connectivity index (χ2v) is 9.81. The summed E-state index contributed by atoms with van der Waals surface area (Å²) in [5.74, 6) is -0.0145. The van der Waals surface area contributed by atoms with Gasteiger partial charge in [0.15, 0.2) is 0 Å². The van der Waals surface area contributed by atoms with Crippen LogP contribution in [-0.2, 0) is 14.8 Å². The Hall–Kier alpha value is -2.94. The van der Waals surface area contributed by atoms with Gasteiger partial charge in [0.05, 0.1) is 17.7 Å². The zero-order chi connectivity index (χ0) is 21.7. The molecule has 1 amide bonds. The van der Waals surface area contributed by atoms with Crippen molar-refractivity contribution in [3.05, 3.63) is 71.6 Å². The number of carbonyl (C=O) groups excluding carboxylic acids is 1. The number of methoxy groups -OCH3 is 1. The van der Waals surface area contributed by atoms with E-state index >= 15 is 0 Å². The van der Waals surface area contributed by atoms with Crippen LogP contribution in [0.5, 0.6) is 5.75 Å². The van der Waals surface area contributed by atoms with Crippen LogP contribution in [0.4, 0.5) is 5.69 Å². The molecule has 3 rings (SSSR count). The first-order valence-corrected chi connectivity index (χ1v) is 11.3. The SMILES string of the molecule is COc1ccc(S(=O)(=O)N(C)C)cc1NC(=O)/C=C/c1ccc(-c2ccccc2)s1. The highest BCUT2D eigenvalue weighted by molar-refractivity contribution is 7.89. The molecule has 0 radical (unpaired) electrons. The number of sulfonamides is 1. The van der Waals surface area contributed by atoms with E-state index in [1.807, 2.05) is 42.5 Å². The fraction of sp³-hybridized carbons (Fsp3) is 0.136. The maximum Gasteiger partial charge on any atom is 0.248 e. The minimum Gasteiger partial charge on any atom is -0.495 e. The molecule has 0 saturated heterocycles. The molecule has 1 heterocycles. The van der Waals surface area contributed by atoms with Crippen molar-refractivity contribution in [1.82, 2.24) is 4.31 Å². The van der Waals surface area contributed by atoms with Gasteiger partial charge in [0.1, 0.15) is 5.75 Å². The van der Waals surface area contributed by atoms with Gasteiger partial charge in [-0.2, -0.15) is 0 Å². The third kappa shape index (κ3) is 4.96. The van der Waals surface area contributed by atoms with E-state index in [0.717, 1.165) is 19.6 Å². The molecule has 0 aliphatic rings. The number of anilines is 1. The highest BCUT2D eigenvalue weighted by Gasteiger charge is 2.19. The predicted octanol–water partition coefficient (Wildman–Crippen LogP) is 4.33. The molecule has 3 aromatic rings. The number of carbonyl (C=O) groups is 1. The number of nitrogens with one attached hydrogen (secondary N) is 1. The first-order chi connectivity index (χ1) is 14.3. The summed E-state index contributed by atoms with van der Waals surface area (Å²) in [7, 11) is 0.727. The van der Waals surface area contributed by atoms with Crippen molar-refractivity contribution in [3.63, 3.8) is 0 Å². The van der Waals surface area contributed by atoms with Crippen LogP contribution in [0.2, 0.25) is 0 Å². The lowest BCUT2D eigenvalue weighted by molar-refractivity contribution is -0.111. The third-order valence-electron chi connectivity index (χ3n) is 4.29. The van der Waals surface area contributed by atoms with E-state index < -0.39 is 10.0 Å². The predicted molar refractivity (Wildman–Crippen MR) is 121 cm³/mol. The zero-order valence-electron chi connectivity index (χ0n) is 16.8. The summed E-state index contributed by atoms with van der Waals surface area (Å²) >= 11 is 1.57. The van der Waals surface area contributed by atoms with Crippen LogP contribution in [0.1, 0.15) is 4.88 Å². The van der Waals surface area contributed by atoms with Crippen molar-refractivity contribution in [3.8, 4) is 16.2 Å². The molecule has 1 N–H and O–H groups in total. The number of nitrogens with zero attached hydrogens (tertiary/aromatic N) is 1. The maximum atomic E-state index is 12.4. The van der Waals surface area contributed by atoms with Gasteiger partial charge >= 0.3 is 0 Å². The van der Waals surface area contributed by atoms with E-state index in [2.05, 4.69) is 5.32 Å². The number of ether oxygens (including phenoxy) is 1. The van der Waals surface area contributed by atoms with Gasteiger partial charge < -0.3 is 10.1 Å². The van der Waals surface area contributed by atoms with Crippen LogP contribution in [0.25, 0.3) is 16.5 Å². The van der Waals surface area contributed by atoms with E-state index in [1.54, 1.807) is 17.4 Å². The fourth-order valence-electron chi connectivity index (χ4n) is 2.69. The average molecular weight is 443 g/mol. The second kappa shape index (κ2) is 9.25. The van der Waals surface area contributed by atoms with Crippen molar-refractivity contribution >= 4 is 39.0 Å². The normalized spacial score (nSPS) is 11.7. The largest absolute Gasteiger partial charge is 0.495 e. The van der Waals surface area contributed by atoms with Crippen LogP contribution in [0.15, 0.2) is 71.6 Å². The van der Waals surface area contributed by atoms with Gasteiger partial charge in [-0.05, 0) is 42.0 Å². The molecule has 30 heavy (non-hydrogen) atoms. The molecular weight excluding hydrogens is 420 g/mol. The monoisotopic (exact) mass is 442 g/mol. The van der Waals surface area contributed by atoms with Crippen molar-refractivity contribution < 1.29 is 17.9 Å². The number of amides is 1. The lowest BCUT2D eigenvalue weighted by Crippen LogP contribution is -2.22. The van der Waals surface area contributed by atoms with Crippen molar-refractivity contribution in [2.75, 3.05) is 26.5 Å². The van der Waals surface area contributed by atoms with E-state index in [-0.39, 0.29) is 16.5 Å². The third-order valence-corrected chi connectivity index (χ3v) is 7.20. The zero-order valence-corrected chi connectivity index (χ0v) is 18.5. The Morgan fingerprint density at radius 1 is 1.07 bits per heavy atom. The van der Waals surface area contributed by atoms with E-state index in [1.165, 1.54) is 45.5 Å². The molecule has 0 unspecified atom stereocenters. The summed E-state index contributed by atoms with van der Waals surface area (Å²) in [5.41, 5.74) is 1.40. The van der Waals surface area contributed by atoms with Gasteiger partial charge in [-0.15, -0.1) is 11.3 Å². The molecule has 156 valence electrons. The van der Waals surface area contributed by atoms with E-state index in [0.29, 0.717) is 5.75 Å². The molecule has 6 nitrogen and oxygen atoms in total. The van der Waals surface area contributed by atoms with Gasteiger partial charge in [0.2, 0.25) is 15.9 Å². The molecule has 0 spiro atoms.